The van der Waals surface area contributed by atoms with Crippen molar-refractivity contribution in [3.05, 3.63) is 35.6 Å². The number of carbonyl (C=O) groups excluding carboxylic acids is 2. The molecule has 1 aromatic carbocycles. The molecule has 0 radical (unpaired) electrons. The van der Waals surface area contributed by atoms with Crippen molar-refractivity contribution in [2.45, 2.75) is 25.3 Å². The zero-order chi connectivity index (χ0) is 15.9. The van der Waals surface area contributed by atoms with Crippen LogP contribution >= 0.6 is 0 Å². The molecular weight excluding hydrogens is 283 g/mol. The van der Waals surface area contributed by atoms with Gasteiger partial charge >= 0.3 is 0 Å². The first-order valence-corrected chi connectivity index (χ1v) is 7.73. The Morgan fingerprint density at radius 3 is 2.55 bits per heavy atom. The third-order valence-electron chi connectivity index (χ3n) is 4.72. The van der Waals surface area contributed by atoms with Gasteiger partial charge in [0.25, 0.3) is 0 Å². The van der Waals surface area contributed by atoms with Gasteiger partial charge in [-0.05, 0) is 36.5 Å². The number of benzene rings is 1. The zero-order valence-electron chi connectivity index (χ0n) is 13.0. The molecule has 0 bridgehead atoms. The fourth-order valence-corrected chi connectivity index (χ4v) is 3.27. The summed E-state index contributed by atoms with van der Waals surface area (Å²) in [5.41, 5.74) is 0.813. The van der Waals surface area contributed by atoms with Crippen molar-refractivity contribution in [1.82, 2.24) is 9.80 Å². The summed E-state index contributed by atoms with van der Waals surface area (Å²) >= 11 is 0. The zero-order valence-corrected chi connectivity index (χ0v) is 13.0. The van der Waals surface area contributed by atoms with Crippen LogP contribution in [-0.4, -0.2) is 42.3 Å². The van der Waals surface area contributed by atoms with Crippen LogP contribution in [0.1, 0.15) is 30.9 Å². The molecular formula is C17H21FN2O2. The minimum absolute atomic E-state index is 0.0129. The lowest BCUT2D eigenvalue weighted by Gasteiger charge is -2.28. The minimum Gasteiger partial charge on any atom is -0.345 e. The molecule has 1 aliphatic carbocycles. The molecule has 2 unspecified atom stereocenters. The molecule has 1 saturated heterocycles. The maximum atomic E-state index is 13.1. The molecule has 0 N–H and O–H groups in total. The topological polar surface area (TPSA) is 40.6 Å². The first-order chi connectivity index (χ1) is 10.5. The Morgan fingerprint density at radius 2 is 1.95 bits per heavy atom. The molecule has 5 heteroatoms. The maximum Gasteiger partial charge on any atom is 0.228 e. The molecule has 0 spiro atoms. The van der Waals surface area contributed by atoms with E-state index in [1.165, 1.54) is 25.0 Å². The summed E-state index contributed by atoms with van der Waals surface area (Å²) in [5, 5.41) is 0. The summed E-state index contributed by atoms with van der Waals surface area (Å²) in [7, 11) is 3.52. The second-order valence-corrected chi connectivity index (χ2v) is 6.47. The van der Waals surface area contributed by atoms with Crippen LogP contribution in [0.2, 0.25) is 0 Å². The smallest absolute Gasteiger partial charge is 0.228 e. The lowest BCUT2D eigenvalue weighted by atomic mass is 9.92. The number of amides is 2. The Hall–Kier alpha value is -1.91. The van der Waals surface area contributed by atoms with Gasteiger partial charge in [0.15, 0.2) is 0 Å². The lowest BCUT2D eigenvalue weighted by molar-refractivity contribution is -0.135. The van der Waals surface area contributed by atoms with Crippen molar-refractivity contribution >= 4 is 11.8 Å². The molecule has 4 nitrogen and oxygen atoms in total. The van der Waals surface area contributed by atoms with Gasteiger partial charge in [-0.15, -0.1) is 0 Å². The first kappa shape index (κ1) is 15.0. The van der Waals surface area contributed by atoms with E-state index in [1.54, 1.807) is 29.0 Å². The van der Waals surface area contributed by atoms with Gasteiger partial charge in [0, 0.05) is 27.1 Å². The molecule has 1 aliphatic heterocycles. The molecule has 2 amide bonds. The molecule has 2 atom stereocenters. The summed E-state index contributed by atoms with van der Waals surface area (Å²) < 4.78 is 13.1. The summed E-state index contributed by atoms with van der Waals surface area (Å²) in [6.07, 6.45) is 2.59. The largest absolute Gasteiger partial charge is 0.345 e. The van der Waals surface area contributed by atoms with Gasteiger partial charge in [-0.3, -0.25) is 9.59 Å². The SMILES string of the molecule is CN(CC1CC1)C(=O)C1CC(=O)N(C)C1c1ccc(F)cc1. The van der Waals surface area contributed by atoms with E-state index in [1.807, 2.05) is 7.05 Å². The average molecular weight is 304 g/mol. The van der Waals surface area contributed by atoms with Gasteiger partial charge in [-0.2, -0.15) is 0 Å². The fraction of sp³-hybridized carbons (Fsp3) is 0.529. The number of hydrogen-bond acceptors (Lipinski definition) is 2. The Balaban J connectivity index is 1.82. The van der Waals surface area contributed by atoms with Gasteiger partial charge in [0.05, 0.1) is 12.0 Å². The third kappa shape index (κ3) is 2.85. The maximum absolute atomic E-state index is 13.1. The highest BCUT2D eigenvalue weighted by Gasteiger charge is 2.44. The van der Waals surface area contributed by atoms with Crippen molar-refractivity contribution < 1.29 is 14.0 Å². The molecule has 1 saturated carbocycles. The van der Waals surface area contributed by atoms with Crippen molar-refractivity contribution in [3.63, 3.8) is 0 Å². The van der Waals surface area contributed by atoms with E-state index >= 15 is 0 Å². The van der Waals surface area contributed by atoms with Gasteiger partial charge in [0.1, 0.15) is 5.82 Å². The van der Waals surface area contributed by atoms with Crippen molar-refractivity contribution in [1.29, 1.82) is 0 Å². The van der Waals surface area contributed by atoms with E-state index in [2.05, 4.69) is 0 Å². The van der Waals surface area contributed by atoms with Crippen LogP contribution in [0.5, 0.6) is 0 Å². The van der Waals surface area contributed by atoms with Crippen LogP contribution in [0.15, 0.2) is 24.3 Å². The predicted octanol–water partition coefficient (Wildman–Crippen LogP) is 2.21. The minimum atomic E-state index is -0.383. The van der Waals surface area contributed by atoms with Gasteiger partial charge in [-0.1, -0.05) is 12.1 Å². The number of halogens is 1. The molecule has 0 aromatic heterocycles. The Labute approximate surface area is 129 Å². The second kappa shape index (κ2) is 5.71. The van der Waals surface area contributed by atoms with E-state index < -0.39 is 0 Å². The highest BCUT2D eigenvalue weighted by molar-refractivity contribution is 5.90. The number of rotatable bonds is 4. The summed E-state index contributed by atoms with van der Waals surface area (Å²) in [6, 6.07) is 5.78. The molecule has 2 aliphatic rings. The summed E-state index contributed by atoms with van der Waals surface area (Å²) in [4.78, 5) is 28.2. The highest BCUT2D eigenvalue weighted by atomic mass is 19.1. The fourth-order valence-electron chi connectivity index (χ4n) is 3.27. The lowest BCUT2D eigenvalue weighted by Crippen LogP contribution is -2.37. The van der Waals surface area contributed by atoms with Crippen LogP contribution in [0.3, 0.4) is 0 Å². The Kier molecular flexibility index (Phi) is 3.89. The second-order valence-electron chi connectivity index (χ2n) is 6.47. The monoisotopic (exact) mass is 304 g/mol. The summed E-state index contributed by atoms with van der Waals surface area (Å²) in [6.45, 7) is 0.767. The molecule has 1 heterocycles. The number of carbonyl (C=O) groups is 2. The molecule has 118 valence electrons. The van der Waals surface area contributed by atoms with E-state index in [4.69, 9.17) is 0 Å². The average Bonchev–Trinajstić information content (AvgIpc) is 3.26. The van der Waals surface area contributed by atoms with Crippen molar-refractivity contribution in [3.8, 4) is 0 Å². The van der Waals surface area contributed by atoms with Crippen LogP contribution in [0, 0.1) is 17.7 Å². The van der Waals surface area contributed by atoms with Crippen LogP contribution in [-0.2, 0) is 9.59 Å². The van der Waals surface area contributed by atoms with E-state index in [0.29, 0.717) is 5.92 Å². The van der Waals surface area contributed by atoms with Crippen molar-refractivity contribution in [2.24, 2.45) is 11.8 Å². The van der Waals surface area contributed by atoms with Crippen LogP contribution in [0.25, 0.3) is 0 Å². The van der Waals surface area contributed by atoms with E-state index in [0.717, 1.165) is 12.1 Å². The summed E-state index contributed by atoms with van der Waals surface area (Å²) in [5.74, 6) is -0.101. The molecule has 2 fully saturated rings. The number of hydrogen-bond donors (Lipinski definition) is 0. The predicted molar refractivity (Wildman–Crippen MR) is 80.4 cm³/mol. The van der Waals surface area contributed by atoms with Crippen LogP contribution in [0.4, 0.5) is 4.39 Å². The van der Waals surface area contributed by atoms with Crippen LogP contribution < -0.4 is 0 Å². The highest BCUT2D eigenvalue weighted by Crippen LogP contribution is 2.38. The first-order valence-electron chi connectivity index (χ1n) is 7.73. The van der Waals surface area contributed by atoms with Gasteiger partial charge < -0.3 is 9.80 Å². The van der Waals surface area contributed by atoms with Crippen molar-refractivity contribution in [2.75, 3.05) is 20.6 Å². The normalized spacial score (nSPS) is 24.7. The van der Waals surface area contributed by atoms with E-state index in [-0.39, 0.29) is 36.0 Å². The Morgan fingerprint density at radius 1 is 1.32 bits per heavy atom. The third-order valence-corrected chi connectivity index (χ3v) is 4.72. The quantitative estimate of drug-likeness (QED) is 0.856. The standard InChI is InChI=1S/C17H21FN2O2/c1-19(10-11-3-4-11)17(22)14-9-15(21)20(2)16(14)12-5-7-13(18)8-6-12/h5-8,11,14,16H,3-4,9-10H2,1-2H3. The number of likely N-dealkylation sites (tertiary alicyclic amines) is 1. The van der Waals surface area contributed by atoms with Gasteiger partial charge in [-0.25, -0.2) is 4.39 Å². The van der Waals surface area contributed by atoms with E-state index in [9.17, 15) is 14.0 Å². The molecule has 22 heavy (non-hydrogen) atoms. The molecule has 1 aromatic rings. The number of nitrogens with zero attached hydrogens (tertiary/aromatic N) is 2. The Bertz CT molecular complexity index is 583. The van der Waals surface area contributed by atoms with Gasteiger partial charge in [0.2, 0.25) is 11.8 Å². The molecule has 3 rings (SSSR count).